The SMILES string of the molecule is CN1CCC(CO)C(CC(C)(F)F)C1. The van der Waals surface area contributed by atoms with Crippen LogP contribution in [-0.4, -0.2) is 42.7 Å². The molecule has 0 amide bonds. The summed E-state index contributed by atoms with van der Waals surface area (Å²) in [6.45, 7) is 2.57. The first kappa shape index (κ1) is 11.9. The lowest BCUT2D eigenvalue weighted by Crippen LogP contribution is -2.41. The molecule has 2 nitrogen and oxygen atoms in total. The van der Waals surface area contributed by atoms with Crippen molar-refractivity contribution < 1.29 is 13.9 Å². The van der Waals surface area contributed by atoms with Crippen molar-refractivity contribution in [3.8, 4) is 0 Å². The van der Waals surface area contributed by atoms with E-state index < -0.39 is 5.92 Å². The van der Waals surface area contributed by atoms with Crippen molar-refractivity contribution in [3.63, 3.8) is 0 Å². The van der Waals surface area contributed by atoms with Crippen LogP contribution in [0.3, 0.4) is 0 Å². The van der Waals surface area contributed by atoms with Crippen molar-refractivity contribution in [3.05, 3.63) is 0 Å². The van der Waals surface area contributed by atoms with Crippen LogP contribution in [0.25, 0.3) is 0 Å². The largest absolute Gasteiger partial charge is 0.396 e. The molecular weight excluding hydrogens is 188 g/mol. The summed E-state index contributed by atoms with van der Waals surface area (Å²) in [6, 6.07) is 0. The van der Waals surface area contributed by atoms with E-state index >= 15 is 0 Å². The van der Waals surface area contributed by atoms with Gasteiger partial charge in [-0.05, 0) is 38.8 Å². The Balaban J connectivity index is 2.53. The molecule has 0 aliphatic carbocycles. The molecule has 1 fully saturated rings. The minimum absolute atomic E-state index is 0.0363. The highest BCUT2D eigenvalue weighted by atomic mass is 19.3. The monoisotopic (exact) mass is 207 g/mol. The van der Waals surface area contributed by atoms with E-state index in [4.69, 9.17) is 5.11 Å². The fourth-order valence-corrected chi connectivity index (χ4v) is 2.19. The Labute approximate surface area is 83.9 Å². The van der Waals surface area contributed by atoms with Crippen LogP contribution in [0.1, 0.15) is 19.8 Å². The van der Waals surface area contributed by atoms with Crippen molar-refractivity contribution >= 4 is 0 Å². The smallest absolute Gasteiger partial charge is 0.245 e. The summed E-state index contributed by atoms with van der Waals surface area (Å²) >= 11 is 0. The molecule has 0 saturated carbocycles. The fraction of sp³-hybridized carbons (Fsp3) is 1.00. The van der Waals surface area contributed by atoms with Gasteiger partial charge in [0, 0.05) is 19.6 Å². The van der Waals surface area contributed by atoms with Gasteiger partial charge >= 0.3 is 0 Å². The topological polar surface area (TPSA) is 23.5 Å². The van der Waals surface area contributed by atoms with E-state index in [9.17, 15) is 8.78 Å². The molecule has 14 heavy (non-hydrogen) atoms. The number of nitrogens with zero attached hydrogens (tertiary/aromatic N) is 1. The number of alkyl halides is 2. The molecule has 2 unspecified atom stereocenters. The Kier molecular flexibility index (Phi) is 3.84. The van der Waals surface area contributed by atoms with E-state index in [1.54, 1.807) is 0 Å². The summed E-state index contributed by atoms with van der Waals surface area (Å²) in [5.74, 6) is -2.63. The van der Waals surface area contributed by atoms with Gasteiger partial charge in [-0.2, -0.15) is 0 Å². The molecule has 1 N–H and O–H groups in total. The Morgan fingerprint density at radius 3 is 2.57 bits per heavy atom. The van der Waals surface area contributed by atoms with E-state index in [1.165, 1.54) is 0 Å². The van der Waals surface area contributed by atoms with Gasteiger partial charge < -0.3 is 10.0 Å². The molecule has 4 heteroatoms. The van der Waals surface area contributed by atoms with Crippen LogP contribution in [0.15, 0.2) is 0 Å². The van der Waals surface area contributed by atoms with Gasteiger partial charge in [0.1, 0.15) is 0 Å². The normalized spacial score (nSPS) is 30.6. The quantitative estimate of drug-likeness (QED) is 0.759. The maximum atomic E-state index is 12.8. The van der Waals surface area contributed by atoms with Gasteiger partial charge in [-0.15, -0.1) is 0 Å². The second kappa shape index (κ2) is 4.53. The zero-order valence-corrected chi connectivity index (χ0v) is 8.84. The third-order valence-corrected chi connectivity index (χ3v) is 2.95. The van der Waals surface area contributed by atoms with Gasteiger partial charge in [-0.1, -0.05) is 0 Å². The number of halogens is 2. The average Bonchev–Trinajstić information content (AvgIpc) is 2.01. The van der Waals surface area contributed by atoms with Gasteiger partial charge in [0.15, 0.2) is 0 Å². The summed E-state index contributed by atoms with van der Waals surface area (Å²) in [6.07, 6.45) is 0.719. The minimum atomic E-state index is -2.61. The first-order valence-corrected chi connectivity index (χ1v) is 5.09. The van der Waals surface area contributed by atoms with Gasteiger partial charge in [0.05, 0.1) is 0 Å². The maximum absolute atomic E-state index is 12.8. The predicted octanol–water partition coefficient (Wildman–Crippen LogP) is 1.59. The van der Waals surface area contributed by atoms with E-state index in [1.807, 2.05) is 7.05 Å². The standard InChI is InChI=1S/C10H19F2NO/c1-10(11,12)5-9-6-13(2)4-3-8(9)7-14/h8-9,14H,3-7H2,1-2H3. The second-order valence-electron chi connectivity index (χ2n) is 4.53. The molecular formula is C10H19F2NO. The number of aliphatic hydroxyl groups excluding tert-OH is 1. The highest BCUT2D eigenvalue weighted by molar-refractivity contribution is 4.81. The molecule has 0 aromatic carbocycles. The van der Waals surface area contributed by atoms with E-state index in [-0.39, 0.29) is 24.9 Å². The Morgan fingerprint density at radius 2 is 2.07 bits per heavy atom. The number of hydrogen-bond donors (Lipinski definition) is 1. The van der Waals surface area contributed by atoms with Crippen LogP contribution in [0.2, 0.25) is 0 Å². The highest BCUT2D eigenvalue weighted by Gasteiger charge is 2.34. The van der Waals surface area contributed by atoms with E-state index in [0.717, 1.165) is 19.9 Å². The first-order valence-electron chi connectivity index (χ1n) is 5.09. The van der Waals surface area contributed by atoms with Crippen molar-refractivity contribution in [2.45, 2.75) is 25.7 Å². The van der Waals surface area contributed by atoms with Crippen molar-refractivity contribution in [2.75, 3.05) is 26.7 Å². The molecule has 1 aliphatic rings. The number of hydrogen-bond acceptors (Lipinski definition) is 2. The summed E-state index contributed by atoms with van der Waals surface area (Å²) < 4.78 is 25.7. The van der Waals surface area contributed by atoms with Gasteiger partial charge in [-0.25, -0.2) is 8.78 Å². The summed E-state index contributed by atoms with van der Waals surface area (Å²) in [4.78, 5) is 2.06. The van der Waals surface area contributed by atoms with Crippen LogP contribution in [0.5, 0.6) is 0 Å². The van der Waals surface area contributed by atoms with E-state index in [0.29, 0.717) is 6.54 Å². The summed E-state index contributed by atoms with van der Waals surface area (Å²) in [5.41, 5.74) is 0. The number of rotatable bonds is 3. The fourth-order valence-electron chi connectivity index (χ4n) is 2.19. The molecule has 0 aromatic rings. The summed E-state index contributed by atoms with van der Waals surface area (Å²) in [7, 11) is 1.94. The molecule has 0 spiro atoms. The lowest BCUT2D eigenvalue weighted by Gasteiger charge is -2.37. The van der Waals surface area contributed by atoms with Crippen molar-refractivity contribution in [1.82, 2.24) is 4.90 Å². The number of likely N-dealkylation sites (tertiary alicyclic amines) is 1. The van der Waals surface area contributed by atoms with Crippen LogP contribution >= 0.6 is 0 Å². The van der Waals surface area contributed by atoms with E-state index in [2.05, 4.69) is 4.90 Å². The third-order valence-electron chi connectivity index (χ3n) is 2.95. The molecule has 0 radical (unpaired) electrons. The van der Waals surface area contributed by atoms with Crippen LogP contribution in [0, 0.1) is 11.8 Å². The van der Waals surface area contributed by atoms with Gasteiger partial charge in [-0.3, -0.25) is 0 Å². The Morgan fingerprint density at radius 1 is 1.43 bits per heavy atom. The maximum Gasteiger partial charge on any atom is 0.245 e. The molecule has 84 valence electrons. The lowest BCUT2D eigenvalue weighted by molar-refractivity contribution is -0.0331. The molecule has 2 atom stereocenters. The number of aliphatic hydroxyl groups is 1. The first-order chi connectivity index (χ1) is 6.42. The average molecular weight is 207 g/mol. The predicted molar refractivity (Wildman–Crippen MR) is 51.4 cm³/mol. The van der Waals surface area contributed by atoms with Crippen molar-refractivity contribution in [2.24, 2.45) is 11.8 Å². The molecule has 0 bridgehead atoms. The van der Waals surface area contributed by atoms with Gasteiger partial charge in [0.25, 0.3) is 0 Å². The Hall–Kier alpha value is -0.220. The highest BCUT2D eigenvalue weighted by Crippen LogP contribution is 2.32. The van der Waals surface area contributed by atoms with Crippen LogP contribution < -0.4 is 0 Å². The van der Waals surface area contributed by atoms with Crippen LogP contribution in [0.4, 0.5) is 8.78 Å². The molecule has 1 saturated heterocycles. The zero-order chi connectivity index (χ0) is 10.8. The zero-order valence-electron chi connectivity index (χ0n) is 8.84. The summed E-state index contributed by atoms with van der Waals surface area (Å²) in [5, 5.41) is 9.08. The molecule has 0 aromatic heterocycles. The van der Waals surface area contributed by atoms with Crippen LogP contribution in [-0.2, 0) is 0 Å². The Bertz CT molecular complexity index is 181. The third kappa shape index (κ3) is 3.50. The molecule has 1 heterocycles. The second-order valence-corrected chi connectivity index (χ2v) is 4.53. The minimum Gasteiger partial charge on any atom is -0.396 e. The number of piperidine rings is 1. The van der Waals surface area contributed by atoms with Gasteiger partial charge in [0.2, 0.25) is 5.92 Å². The molecule has 1 aliphatic heterocycles. The van der Waals surface area contributed by atoms with Crippen molar-refractivity contribution in [1.29, 1.82) is 0 Å². The molecule has 1 rings (SSSR count). The lowest BCUT2D eigenvalue weighted by atomic mass is 9.82.